The molecule has 22 heavy (non-hydrogen) atoms. The van der Waals surface area contributed by atoms with Crippen LogP contribution in [-0.2, 0) is 6.54 Å². The molecule has 0 radical (unpaired) electrons. The van der Waals surface area contributed by atoms with Crippen molar-refractivity contribution < 1.29 is 5.11 Å². The van der Waals surface area contributed by atoms with Crippen LogP contribution in [0, 0.1) is 5.92 Å². The van der Waals surface area contributed by atoms with Crippen molar-refractivity contribution in [2.45, 2.75) is 52.8 Å². The van der Waals surface area contributed by atoms with Crippen LogP contribution < -0.4 is 5.32 Å². The molecule has 1 unspecified atom stereocenters. The molecule has 0 saturated carbocycles. The first-order valence-corrected chi connectivity index (χ1v) is 8.19. The number of aliphatic hydroxyl groups is 1. The average Bonchev–Trinajstić information content (AvgIpc) is 2.85. The molecule has 0 saturated heterocycles. The van der Waals surface area contributed by atoms with Crippen LogP contribution in [0.25, 0.3) is 11.0 Å². The van der Waals surface area contributed by atoms with Crippen molar-refractivity contribution in [3.8, 4) is 0 Å². The van der Waals surface area contributed by atoms with Gasteiger partial charge in [-0.05, 0) is 38.8 Å². The standard InChI is InChI=1S/C16H25ClN4O/c1-10(2)14(22)5-6-18-8-12-7-13-9-19-21(11(3)4)16(13)20-15(12)17/h7,9-11,14,18,22H,5-6,8H2,1-4H3. The summed E-state index contributed by atoms with van der Waals surface area (Å²) in [6.45, 7) is 9.56. The summed E-state index contributed by atoms with van der Waals surface area (Å²) in [7, 11) is 0. The van der Waals surface area contributed by atoms with Crippen molar-refractivity contribution in [2.24, 2.45) is 5.92 Å². The zero-order chi connectivity index (χ0) is 16.3. The van der Waals surface area contributed by atoms with Gasteiger partial charge in [-0.2, -0.15) is 5.10 Å². The van der Waals surface area contributed by atoms with Gasteiger partial charge >= 0.3 is 0 Å². The Labute approximate surface area is 136 Å². The fourth-order valence-electron chi connectivity index (χ4n) is 2.31. The topological polar surface area (TPSA) is 63.0 Å². The van der Waals surface area contributed by atoms with Crippen LogP contribution in [0.4, 0.5) is 0 Å². The first-order chi connectivity index (χ1) is 10.4. The number of aromatic nitrogens is 3. The molecular formula is C16H25ClN4O. The first kappa shape index (κ1) is 17.2. The van der Waals surface area contributed by atoms with E-state index in [-0.39, 0.29) is 18.1 Å². The van der Waals surface area contributed by atoms with Crippen molar-refractivity contribution in [3.63, 3.8) is 0 Å². The second-order valence-corrected chi connectivity index (χ2v) is 6.67. The highest BCUT2D eigenvalue weighted by Gasteiger charge is 2.12. The maximum absolute atomic E-state index is 9.78. The SMILES string of the molecule is CC(C)C(O)CCNCc1cc2cnn(C(C)C)c2nc1Cl. The predicted octanol–water partition coefficient (Wildman–Crippen LogP) is 3.16. The summed E-state index contributed by atoms with van der Waals surface area (Å²) in [5.74, 6) is 0.283. The summed E-state index contributed by atoms with van der Waals surface area (Å²) in [5, 5.41) is 19.0. The highest BCUT2D eigenvalue weighted by molar-refractivity contribution is 6.30. The van der Waals surface area contributed by atoms with Crippen LogP contribution in [0.2, 0.25) is 5.15 Å². The molecule has 2 rings (SSSR count). The fraction of sp³-hybridized carbons (Fsp3) is 0.625. The Balaban J connectivity index is 2.02. The molecule has 0 fully saturated rings. The van der Waals surface area contributed by atoms with E-state index >= 15 is 0 Å². The summed E-state index contributed by atoms with van der Waals surface area (Å²) in [6.07, 6.45) is 2.29. The molecule has 5 nitrogen and oxygen atoms in total. The van der Waals surface area contributed by atoms with Crippen LogP contribution in [0.1, 0.15) is 45.7 Å². The second kappa shape index (κ2) is 7.40. The molecule has 2 N–H and O–H groups in total. The van der Waals surface area contributed by atoms with E-state index < -0.39 is 0 Å². The molecule has 0 aliphatic heterocycles. The Morgan fingerprint density at radius 1 is 1.32 bits per heavy atom. The maximum Gasteiger partial charge on any atom is 0.159 e. The molecule has 0 amide bonds. The van der Waals surface area contributed by atoms with Gasteiger partial charge in [0.15, 0.2) is 5.65 Å². The predicted molar refractivity (Wildman–Crippen MR) is 90.1 cm³/mol. The van der Waals surface area contributed by atoms with E-state index in [1.807, 2.05) is 30.8 Å². The molecular weight excluding hydrogens is 300 g/mol. The molecule has 2 aromatic rings. The molecule has 122 valence electrons. The Kier molecular flexibility index (Phi) is 5.78. The summed E-state index contributed by atoms with van der Waals surface area (Å²) in [4.78, 5) is 4.48. The minimum Gasteiger partial charge on any atom is -0.393 e. The van der Waals surface area contributed by atoms with Crippen molar-refractivity contribution in [1.82, 2.24) is 20.1 Å². The van der Waals surface area contributed by atoms with Crippen molar-refractivity contribution in [3.05, 3.63) is 23.0 Å². The summed E-state index contributed by atoms with van der Waals surface area (Å²) < 4.78 is 1.87. The van der Waals surface area contributed by atoms with Crippen molar-refractivity contribution in [2.75, 3.05) is 6.54 Å². The molecule has 0 aliphatic rings. The minimum absolute atomic E-state index is 0.252. The van der Waals surface area contributed by atoms with E-state index in [0.29, 0.717) is 11.7 Å². The van der Waals surface area contributed by atoms with Gasteiger partial charge < -0.3 is 10.4 Å². The van der Waals surface area contributed by atoms with Gasteiger partial charge in [0.2, 0.25) is 0 Å². The Hall–Kier alpha value is -1.17. The lowest BCUT2D eigenvalue weighted by molar-refractivity contribution is 0.116. The van der Waals surface area contributed by atoms with E-state index in [1.165, 1.54) is 0 Å². The average molecular weight is 325 g/mol. The van der Waals surface area contributed by atoms with E-state index in [2.05, 4.69) is 29.2 Å². The van der Waals surface area contributed by atoms with Crippen molar-refractivity contribution in [1.29, 1.82) is 0 Å². The van der Waals surface area contributed by atoms with Gasteiger partial charge in [0.05, 0.1) is 12.3 Å². The summed E-state index contributed by atoms with van der Waals surface area (Å²) in [6, 6.07) is 2.28. The van der Waals surface area contributed by atoms with Gasteiger partial charge in [0, 0.05) is 23.5 Å². The fourth-order valence-corrected chi connectivity index (χ4v) is 2.51. The molecule has 0 spiro atoms. The lowest BCUT2D eigenvalue weighted by atomic mass is 10.0. The van der Waals surface area contributed by atoms with Gasteiger partial charge in [-0.3, -0.25) is 0 Å². The largest absolute Gasteiger partial charge is 0.393 e. The molecule has 2 heterocycles. The number of pyridine rings is 1. The third kappa shape index (κ3) is 3.97. The van der Waals surface area contributed by atoms with Gasteiger partial charge in [-0.1, -0.05) is 25.4 Å². The van der Waals surface area contributed by atoms with Crippen LogP contribution in [-0.4, -0.2) is 32.5 Å². The number of hydrogen-bond donors (Lipinski definition) is 2. The van der Waals surface area contributed by atoms with Crippen LogP contribution in [0.5, 0.6) is 0 Å². The third-order valence-corrected chi connectivity index (χ3v) is 4.11. The monoisotopic (exact) mass is 324 g/mol. The number of nitrogens with one attached hydrogen (secondary N) is 1. The van der Waals surface area contributed by atoms with Gasteiger partial charge in [-0.25, -0.2) is 9.67 Å². The molecule has 0 bridgehead atoms. The number of fused-ring (bicyclic) bond motifs is 1. The third-order valence-electron chi connectivity index (χ3n) is 3.79. The molecule has 6 heteroatoms. The minimum atomic E-state index is -0.271. The smallest absolute Gasteiger partial charge is 0.159 e. The quantitative estimate of drug-likeness (QED) is 0.606. The normalized spacial score (nSPS) is 13.5. The maximum atomic E-state index is 9.78. The van der Waals surface area contributed by atoms with Crippen LogP contribution in [0.3, 0.4) is 0 Å². The van der Waals surface area contributed by atoms with Crippen molar-refractivity contribution >= 4 is 22.6 Å². The Morgan fingerprint density at radius 3 is 2.68 bits per heavy atom. The zero-order valence-corrected chi connectivity index (χ0v) is 14.4. The van der Waals surface area contributed by atoms with Crippen LogP contribution in [0.15, 0.2) is 12.3 Å². The van der Waals surface area contributed by atoms with E-state index in [1.54, 1.807) is 0 Å². The van der Waals surface area contributed by atoms with Gasteiger partial charge in [-0.15, -0.1) is 0 Å². The van der Waals surface area contributed by atoms with E-state index in [4.69, 9.17) is 11.6 Å². The lowest BCUT2D eigenvalue weighted by Crippen LogP contribution is -2.23. The Bertz CT molecular complexity index is 624. The number of aliphatic hydroxyl groups excluding tert-OH is 1. The number of hydrogen-bond acceptors (Lipinski definition) is 4. The number of nitrogens with zero attached hydrogens (tertiary/aromatic N) is 3. The van der Waals surface area contributed by atoms with Gasteiger partial charge in [0.25, 0.3) is 0 Å². The van der Waals surface area contributed by atoms with E-state index in [9.17, 15) is 5.11 Å². The van der Waals surface area contributed by atoms with E-state index in [0.717, 1.165) is 29.6 Å². The van der Waals surface area contributed by atoms with Gasteiger partial charge in [0.1, 0.15) is 5.15 Å². The molecule has 2 aromatic heterocycles. The molecule has 0 aliphatic carbocycles. The summed E-state index contributed by atoms with van der Waals surface area (Å²) >= 11 is 6.29. The lowest BCUT2D eigenvalue weighted by Gasteiger charge is -2.14. The second-order valence-electron chi connectivity index (χ2n) is 6.31. The Morgan fingerprint density at radius 2 is 2.05 bits per heavy atom. The first-order valence-electron chi connectivity index (χ1n) is 7.81. The zero-order valence-electron chi connectivity index (χ0n) is 13.7. The number of rotatable bonds is 7. The highest BCUT2D eigenvalue weighted by Crippen LogP contribution is 2.22. The van der Waals surface area contributed by atoms with Crippen LogP contribution >= 0.6 is 11.6 Å². The summed E-state index contributed by atoms with van der Waals surface area (Å²) in [5.41, 5.74) is 1.77. The highest BCUT2D eigenvalue weighted by atomic mass is 35.5. The number of halogens is 1. The molecule has 1 atom stereocenters. The molecule has 0 aromatic carbocycles.